The summed E-state index contributed by atoms with van der Waals surface area (Å²) < 4.78 is 5.28. The lowest BCUT2D eigenvalue weighted by molar-refractivity contribution is -0.136. The molecule has 1 aromatic carbocycles. The Bertz CT molecular complexity index is 451. The van der Waals surface area contributed by atoms with Crippen LogP contribution in [0.5, 0.6) is 0 Å². The van der Waals surface area contributed by atoms with Gasteiger partial charge in [-0.15, -0.1) is 0 Å². The number of aryl methyl sites for hydroxylation is 1. The number of carbonyl (C=O) groups excluding carboxylic acids is 1. The van der Waals surface area contributed by atoms with Gasteiger partial charge in [-0.1, -0.05) is 13.0 Å². The molecule has 1 rings (SSSR count). The first-order valence-electron chi connectivity index (χ1n) is 6.08. The maximum absolute atomic E-state index is 12.2. The van der Waals surface area contributed by atoms with Gasteiger partial charge >= 0.3 is 0 Å². The minimum atomic E-state index is -0.831. The third kappa shape index (κ3) is 2.64. The zero-order chi connectivity index (χ0) is 13.9. The average Bonchev–Trinajstić information content (AvgIpc) is 2.37. The summed E-state index contributed by atoms with van der Waals surface area (Å²) in [6, 6.07) is 3.74. The Morgan fingerprint density at radius 1 is 1.44 bits per heavy atom. The monoisotopic (exact) mass is 250 g/mol. The minimum absolute atomic E-state index is 0.173. The molecule has 1 amide bonds. The van der Waals surface area contributed by atoms with Gasteiger partial charge in [-0.25, -0.2) is 0 Å². The van der Waals surface area contributed by atoms with Crippen LogP contribution in [0.1, 0.15) is 31.4 Å². The molecule has 4 heteroatoms. The van der Waals surface area contributed by atoms with Crippen molar-refractivity contribution in [2.45, 2.75) is 39.7 Å². The number of nitrogens with one attached hydrogen (secondary N) is 1. The van der Waals surface area contributed by atoms with Crippen LogP contribution in [-0.2, 0) is 9.53 Å². The van der Waals surface area contributed by atoms with Gasteiger partial charge in [0, 0.05) is 7.11 Å². The normalized spacial score (nSPS) is 14.1. The number of anilines is 2. The molecule has 1 atom stereocenters. The fourth-order valence-electron chi connectivity index (χ4n) is 1.65. The zero-order valence-corrected chi connectivity index (χ0v) is 11.8. The summed E-state index contributed by atoms with van der Waals surface area (Å²) in [7, 11) is 1.54. The van der Waals surface area contributed by atoms with Crippen LogP contribution in [0.3, 0.4) is 0 Å². The van der Waals surface area contributed by atoms with Crippen molar-refractivity contribution in [2.24, 2.45) is 0 Å². The van der Waals surface area contributed by atoms with Gasteiger partial charge in [0.15, 0.2) is 0 Å². The lowest BCUT2D eigenvalue weighted by Gasteiger charge is -2.26. The van der Waals surface area contributed by atoms with Gasteiger partial charge in [0.25, 0.3) is 5.91 Å². The topological polar surface area (TPSA) is 64.3 Å². The predicted molar refractivity (Wildman–Crippen MR) is 74.7 cm³/mol. The van der Waals surface area contributed by atoms with Crippen LogP contribution in [0, 0.1) is 13.8 Å². The molecule has 0 aliphatic carbocycles. The molecule has 100 valence electrons. The summed E-state index contributed by atoms with van der Waals surface area (Å²) in [6.07, 6.45) is 0.597. The smallest absolute Gasteiger partial charge is 0.256 e. The first kappa shape index (κ1) is 14.5. The van der Waals surface area contributed by atoms with Crippen molar-refractivity contribution in [2.75, 3.05) is 18.2 Å². The Morgan fingerprint density at radius 3 is 2.56 bits per heavy atom. The lowest BCUT2D eigenvalue weighted by Crippen LogP contribution is -2.41. The van der Waals surface area contributed by atoms with Gasteiger partial charge in [0.05, 0.1) is 11.4 Å². The summed E-state index contributed by atoms with van der Waals surface area (Å²) in [5, 5.41) is 2.87. The highest BCUT2D eigenvalue weighted by atomic mass is 16.5. The Hall–Kier alpha value is -1.55. The molecule has 0 saturated heterocycles. The van der Waals surface area contributed by atoms with Crippen LogP contribution in [0.15, 0.2) is 12.1 Å². The van der Waals surface area contributed by atoms with E-state index in [4.69, 9.17) is 10.5 Å². The summed E-state index contributed by atoms with van der Waals surface area (Å²) in [5.41, 5.74) is 8.40. The van der Waals surface area contributed by atoms with E-state index in [0.717, 1.165) is 11.1 Å². The van der Waals surface area contributed by atoms with E-state index in [1.54, 1.807) is 13.0 Å². The molecule has 4 nitrogen and oxygen atoms in total. The molecule has 18 heavy (non-hydrogen) atoms. The number of methoxy groups -OCH3 is 1. The summed E-state index contributed by atoms with van der Waals surface area (Å²) in [4.78, 5) is 12.2. The Balaban J connectivity index is 3.06. The Morgan fingerprint density at radius 2 is 2.06 bits per heavy atom. The zero-order valence-electron chi connectivity index (χ0n) is 11.8. The van der Waals surface area contributed by atoms with Crippen LogP contribution in [-0.4, -0.2) is 18.6 Å². The van der Waals surface area contributed by atoms with Crippen molar-refractivity contribution < 1.29 is 9.53 Å². The number of nitrogens with two attached hydrogens (primary N) is 1. The molecule has 0 aromatic heterocycles. The number of nitrogen functional groups attached to an aromatic ring is 1. The molecule has 3 N–H and O–H groups in total. The molecule has 0 fully saturated rings. The number of amides is 1. The molecule has 0 bridgehead atoms. The van der Waals surface area contributed by atoms with E-state index in [1.165, 1.54) is 7.11 Å². The molecule has 0 spiro atoms. The van der Waals surface area contributed by atoms with Gasteiger partial charge in [0.2, 0.25) is 0 Å². The summed E-state index contributed by atoms with van der Waals surface area (Å²) in [6.45, 7) is 7.61. The van der Waals surface area contributed by atoms with Gasteiger partial charge in [-0.05, 0) is 44.4 Å². The molecular formula is C14H22N2O2. The SMILES string of the molecule is CCC(C)(OC)C(=O)Nc1c(N)ccc(C)c1C. The third-order valence-electron chi connectivity index (χ3n) is 3.61. The van der Waals surface area contributed by atoms with Crippen molar-refractivity contribution in [1.82, 2.24) is 0 Å². The number of benzene rings is 1. The number of carbonyl (C=O) groups is 1. The standard InChI is InChI=1S/C14H22N2O2/c1-6-14(4,18-5)13(17)16-12-10(3)9(2)7-8-11(12)15/h7-8H,6,15H2,1-5H3,(H,16,17). The number of hydrogen-bond donors (Lipinski definition) is 2. The van der Waals surface area contributed by atoms with E-state index in [1.807, 2.05) is 26.8 Å². The first-order valence-corrected chi connectivity index (χ1v) is 6.08. The maximum Gasteiger partial charge on any atom is 0.256 e. The van der Waals surface area contributed by atoms with E-state index >= 15 is 0 Å². The molecule has 0 saturated carbocycles. The second-order valence-electron chi connectivity index (χ2n) is 4.71. The molecule has 0 aliphatic heterocycles. The van der Waals surface area contributed by atoms with E-state index in [0.29, 0.717) is 17.8 Å². The van der Waals surface area contributed by atoms with Gasteiger partial charge in [-0.2, -0.15) is 0 Å². The van der Waals surface area contributed by atoms with Crippen LogP contribution >= 0.6 is 0 Å². The Labute approximate surface area is 109 Å². The Kier molecular flexibility index (Phi) is 4.35. The maximum atomic E-state index is 12.2. The minimum Gasteiger partial charge on any atom is -0.397 e. The van der Waals surface area contributed by atoms with E-state index in [2.05, 4.69) is 5.32 Å². The highest BCUT2D eigenvalue weighted by Crippen LogP contribution is 2.27. The second-order valence-corrected chi connectivity index (χ2v) is 4.71. The molecule has 0 radical (unpaired) electrons. The predicted octanol–water partition coefficient (Wildman–Crippen LogP) is 2.64. The van der Waals surface area contributed by atoms with Crippen LogP contribution in [0.4, 0.5) is 11.4 Å². The highest BCUT2D eigenvalue weighted by Gasteiger charge is 2.31. The number of rotatable bonds is 4. The first-order chi connectivity index (χ1) is 8.35. The molecule has 0 heterocycles. The van der Waals surface area contributed by atoms with Gasteiger partial charge in [0.1, 0.15) is 5.60 Å². The molecule has 1 aromatic rings. The second kappa shape index (κ2) is 5.40. The van der Waals surface area contributed by atoms with Crippen molar-refractivity contribution in [1.29, 1.82) is 0 Å². The summed E-state index contributed by atoms with van der Waals surface area (Å²) in [5.74, 6) is -0.173. The molecule has 1 unspecified atom stereocenters. The fourth-order valence-corrected chi connectivity index (χ4v) is 1.65. The number of hydrogen-bond acceptors (Lipinski definition) is 3. The van der Waals surface area contributed by atoms with E-state index in [-0.39, 0.29) is 5.91 Å². The quantitative estimate of drug-likeness (QED) is 0.807. The largest absolute Gasteiger partial charge is 0.397 e. The summed E-state index contributed by atoms with van der Waals surface area (Å²) >= 11 is 0. The lowest BCUT2D eigenvalue weighted by atomic mass is 10.0. The van der Waals surface area contributed by atoms with Gasteiger partial charge < -0.3 is 15.8 Å². The van der Waals surface area contributed by atoms with Crippen molar-refractivity contribution in [3.63, 3.8) is 0 Å². The van der Waals surface area contributed by atoms with Gasteiger partial charge in [-0.3, -0.25) is 4.79 Å². The van der Waals surface area contributed by atoms with E-state index < -0.39 is 5.60 Å². The third-order valence-corrected chi connectivity index (χ3v) is 3.61. The van der Waals surface area contributed by atoms with Crippen LogP contribution in [0.2, 0.25) is 0 Å². The van der Waals surface area contributed by atoms with Crippen molar-refractivity contribution >= 4 is 17.3 Å². The van der Waals surface area contributed by atoms with Crippen molar-refractivity contribution in [3.8, 4) is 0 Å². The van der Waals surface area contributed by atoms with Crippen LogP contribution < -0.4 is 11.1 Å². The highest BCUT2D eigenvalue weighted by molar-refractivity contribution is 6.00. The average molecular weight is 250 g/mol. The molecular weight excluding hydrogens is 228 g/mol. The molecule has 0 aliphatic rings. The van der Waals surface area contributed by atoms with E-state index in [9.17, 15) is 4.79 Å². The van der Waals surface area contributed by atoms with Crippen LogP contribution in [0.25, 0.3) is 0 Å². The number of ether oxygens (including phenoxy) is 1. The fraction of sp³-hybridized carbons (Fsp3) is 0.500. The van der Waals surface area contributed by atoms with Crippen molar-refractivity contribution in [3.05, 3.63) is 23.3 Å².